The highest BCUT2D eigenvalue weighted by molar-refractivity contribution is 7.14. The summed E-state index contributed by atoms with van der Waals surface area (Å²) in [6.45, 7) is 2.20. The van der Waals surface area contributed by atoms with Crippen molar-refractivity contribution in [3.05, 3.63) is 41.4 Å². The van der Waals surface area contributed by atoms with Crippen LogP contribution in [0.3, 0.4) is 0 Å². The van der Waals surface area contributed by atoms with E-state index in [2.05, 4.69) is 10.3 Å². The highest BCUT2D eigenvalue weighted by Crippen LogP contribution is 2.30. The van der Waals surface area contributed by atoms with Crippen LogP contribution in [0.2, 0.25) is 0 Å². The number of carbonyl (C=O) groups excluding carboxylic acids is 2. The minimum absolute atomic E-state index is 0.0657. The molecule has 1 saturated carbocycles. The van der Waals surface area contributed by atoms with Crippen LogP contribution in [0, 0.1) is 0 Å². The molecule has 4 rings (SSSR count). The fraction of sp³-hybridized carbons (Fsp3) is 0.450. The second-order valence-corrected chi connectivity index (χ2v) is 7.95. The Morgan fingerprint density at radius 2 is 1.93 bits per heavy atom. The molecular weight excluding hydrogens is 360 g/mol. The highest BCUT2D eigenvalue weighted by atomic mass is 32.1. The summed E-state index contributed by atoms with van der Waals surface area (Å²) in [5, 5.41) is 5.73. The molecule has 0 radical (unpaired) electrons. The van der Waals surface area contributed by atoms with Gasteiger partial charge in [-0.2, -0.15) is 0 Å². The number of likely N-dealkylation sites (tertiary alicyclic amines) is 1. The second kappa shape index (κ2) is 8.08. The Morgan fingerprint density at radius 1 is 1.19 bits per heavy atom. The van der Waals surface area contributed by atoms with Gasteiger partial charge in [0.1, 0.15) is 5.69 Å². The van der Waals surface area contributed by atoms with Crippen LogP contribution in [-0.2, 0) is 4.79 Å². The van der Waals surface area contributed by atoms with Crippen LogP contribution in [0.4, 0.5) is 10.8 Å². The van der Waals surface area contributed by atoms with Gasteiger partial charge >= 0.3 is 0 Å². The minimum Gasteiger partial charge on any atom is -0.343 e. The lowest BCUT2D eigenvalue weighted by atomic mass is 10.3. The van der Waals surface area contributed by atoms with Gasteiger partial charge in [-0.25, -0.2) is 4.98 Å². The van der Waals surface area contributed by atoms with E-state index >= 15 is 0 Å². The summed E-state index contributed by atoms with van der Waals surface area (Å²) in [5.41, 5.74) is 1.40. The van der Waals surface area contributed by atoms with E-state index in [4.69, 9.17) is 0 Å². The Balaban J connectivity index is 1.38. The van der Waals surface area contributed by atoms with Crippen molar-refractivity contribution in [2.24, 2.45) is 0 Å². The van der Waals surface area contributed by atoms with Gasteiger partial charge in [0.15, 0.2) is 5.13 Å². The Kier molecular flexibility index (Phi) is 5.38. The van der Waals surface area contributed by atoms with E-state index < -0.39 is 0 Å². The van der Waals surface area contributed by atoms with Crippen LogP contribution in [-0.4, -0.2) is 52.3 Å². The maximum absolute atomic E-state index is 12.9. The summed E-state index contributed by atoms with van der Waals surface area (Å²) in [6, 6.07) is 10.0. The number of amides is 2. The van der Waals surface area contributed by atoms with Crippen molar-refractivity contribution in [1.29, 1.82) is 0 Å². The maximum atomic E-state index is 12.9. The molecule has 0 spiro atoms. The van der Waals surface area contributed by atoms with Crippen molar-refractivity contribution >= 4 is 34.0 Å². The first-order chi connectivity index (χ1) is 13.2. The summed E-state index contributed by atoms with van der Waals surface area (Å²) in [4.78, 5) is 33.5. The number of carbonyl (C=O) groups is 2. The predicted octanol–water partition coefficient (Wildman–Crippen LogP) is 3.50. The van der Waals surface area contributed by atoms with Crippen LogP contribution >= 0.6 is 11.3 Å². The number of benzene rings is 1. The molecule has 7 heteroatoms. The van der Waals surface area contributed by atoms with Gasteiger partial charge in [-0.3, -0.25) is 9.59 Å². The molecule has 142 valence electrons. The maximum Gasteiger partial charge on any atom is 0.273 e. The molecule has 1 aromatic heterocycles. The fourth-order valence-corrected chi connectivity index (χ4v) is 4.10. The van der Waals surface area contributed by atoms with Crippen molar-refractivity contribution in [3.8, 4) is 0 Å². The summed E-state index contributed by atoms with van der Waals surface area (Å²) < 4.78 is 0. The third-order valence-corrected chi connectivity index (χ3v) is 5.78. The standard InChI is InChI=1S/C20H24N4O2S/c25-18(23-11-4-5-12-23)10-13-24(16-8-9-16)19(26)17-14-27-20(22-17)21-15-6-2-1-3-7-15/h1-3,6-7,14,16H,4-5,8-13H2,(H,21,22). The van der Waals surface area contributed by atoms with E-state index in [0.717, 1.165) is 44.5 Å². The molecule has 1 aliphatic carbocycles. The number of nitrogens with zero attached hydrogens (tertiary/aromatic N) is 3. The van der Waals surface area contributed by atoms with Crippen molar-refractivity contribution in [3.63, 3.8) is 0 Å². The van der Waals surface area contributed by atoms with Gasteiger partial charge in [-0.05, 0) is 37.8 Å². The van der Waals surface area contributed by atoms with E-state index in [-0.39, 0.29) is 17.9 Å². The monoisotopic (exact) mass is 384 g/mol. The van der Waals surface area contributed by atoms with Crippen LogP contribution in [0.1, 0.15) is 42.6 Å². The van der Waals surface area contributed by atoms with Crippen LogP contribution in [0.15, 0.2) is 35.7 Å². The fourth-order valence-electron chi connectivity index (χ4n) is 3.40. The SMILES string of the molecule is O=C(CCN(C(=O)c1csc(Nc2ccccc2)n1)C1CC1)N1CCCC1. The number of thiazole rings is 1. The topological polar surface area (TPSA) is 65.5 Å². The number of hydrogen-bond acceptors (Lipinski definition) is 5. The van der Waals surface area contributed by atoms with Crippen LogP contribution in [0.5, 0.6) is 0 Å². The summed E-state index contributed by atoms with van der Waals surface area (Å²) in [5.74, 6) is 0.0970. The van der Waals surface area contributed by atoms with Crippen LogP contribution < -0.4 is 5.32 Å². The lowest BCUT2D eigenvalue weighted by Gasteiger charge is -2.23. The molecule has 1 saturated heterocycles. The molecule has 2 heterocycles. The largest absolute Gasteiger partial charge is 0.343 e. The van der Waals surface area contributed by atoms with Gasteiger partial charge in [-0.1, -0.05) is 18.2 Å². The number of rotatable bonds is 7. The Hall–Kier alpha value is -2.41. The summed E-state index contributed by atoms with van der Waals surface area (Å²) >= 11 is 1.42. The van der Waals surface area contributed by atoms with Crippen molar-refractivity contribution < 1.29 is 9.59 Å². The summed E-state index contributed by atoms with van der Waals surface area (Å²) in [6.07, 6.45) is 4.62. The zero-order chi connectivity index (χ0) is 18.6. The van der Waals surface area contributed by atoms with Gasteiger partial charge in [-0.15, -0.1) is 11.3 Å². The second-order valence-electron chi connectivity index (χ2n) is 7.10. The van der Waals surface area contributed by atoms with Crippen molar-refractivity contribution in [2.75, 3.05) is 25.0 Å². The number of hydrogen-bond donors (Lipinski definition) is 1. The Labute approximate surface area is 163 Å². The average Bonchev–Trinajstić information content (AvgIpc) is 3.18. The number of nitrogens with one attached hydrogen (secondary N) is 1. The van der Waals surface area contributed by atoms with E-state index in [0.29, 0.717) is 23.8 Å². The third-order valence-electron chi connectivity index (χ3n) is 5.02. The molecule has 0 bridgehead atoms. The lowest BCUT2D eigenvalue weighted by Crippen LogP contribution is -2.37. The quantitative estimate of drug-likeness (QED) is 0.793. The van der Waals surface area contributed by atoms with Gasteiger partial charge in [0, 0.05) is 43.2 Å². The molecule has 1 N–H and O–H groups in total. The molecule has 0 unspecified atom stereocenters. The van der Waals surface area contributed by atoms with Crippen molar-refractivity contribution in [1.82, 2.24) is 14.8 Å². The van der Waals surface area contributed by atoms with Gasteiger partial charge < -0.3 is 15.1 Å². The first kappa shape index (κ1) is 18.0. The van der Waals surface area contributed by atoms with Crippen LogP contribution in [0.25, 0.3) is 0 Å². The van der Waals surface area contributed by atoms with E-state index in [1.54, 1.807) is 5.38 Å². The molecule has 2 fully saturated rings. The molecule has 2 aliphatic rings. The van der Waals surface area contributed by atoms with Gasteiger partial charge in [0.25, 0.3) is 5.91 Å². The zero-order valence-corrected chi connectivity index (χ0v) is 16.1. The minimum atomic E-state index is -0.0657. The van der Waals surface area contributed by atoms with E-state index in [1.165, 1.54) is 11.3 Å². The highest BCUT2D eigenvalue weighted by Gasteiger charge is 2.34. The first-order valence-corrected chi connectivity index (χ1v) is 10.4. The zero-order valence-electron chi connectivity index (χ0n) is 15.3. The smallest absolute Gasteiger partial charge is 0.273 e. The molecule has 1 aromatic carbocycles. The third kappa shape index (κ3) is 4.47. The lowest BCUT2D eigenvalue weighted by molar-refractivity contribution is -0.130. The first-order valence-electron chi connectivity index (χ1n) is 9.57. The normalized spacial score (nSPS) is 16.4. The van der Waals surface area contributed by atoms with Crippen molar-refractivity contribution in [2.45, 2.75) is 38.1 Å². The van der Waals surface area contributed by atoms with E-state index in [9.17, 15) is 9.59 Å². The molecule has 1 aliphatic heterocycles. The number of aromatic nitrogens is 1. The number of para-hydroxylation sites is 1. The van der Waals surface area contributed by atoms with Gasteiger partial charge in [0.2, 0.25) is 5.91 Å². The molecule has 6 nitrogen and oxygen atoms in total. The molecule has 27 heavy (non-hydrogen) atoms. The summed E-state index contributed by atoms with van der Waals surface area (Å²) in [7, 11) is 0. The predicted molar refractivity (Wildman–Crippen MR) is 106 cm³/mol. The van der Waals surface area contributed by atoms with Gasteiger partial charge in [0.05, 0.1) is 0 Å². The number of anilines is 2. The average molecular weight is 385 g/mol. The Bertz CT molecular complexity index is 797. The molecule has 2 aromatic rings. The Morgan fingerprint density at radius 3 is 2.63 bits per heavy atom. The molecule has 2 amide bonds. The van der Waals surface area contributed by atoms with E-state index in [1.807, 2.05) is 40.1 Å². The molecular formula is C20H24N4O2S. The molecule has 0 atom stereocenters.